The van der Waals surface area contributed by atoms with Gasteiger partial charge in [-0.2, -0.15) is 0 Å². The standard InChI is InChI=1S/C13H15NO3/c1-13(7-8-14-11(13)15)12(16)17-9-10-5-3-2-4-6-10/h2-6H,7-9H2,1H3,(H,14,15)/t13-/m1/s1. The molecule has 1 amide bonds. The van der Waals surface area contributed by atoms with Crippen molar-refractivity contribution in [2.24, 2.45) is 5.41 Å². The van der Waals surface area contributed by atoms with Crippen LogP contribution >= 0.6 is 0 Å². The van der Waals surface area contributed by atoms with Gasteiger partial charge in [-0.3, -0.25) is 9.59 Å². The lowest BCUT2D eigenvalue weighted by molar-refractivity contribution is -0.159. The molecule has 1 aliphatic rings. The van der Waals surface area contributed by atoms with Crippen molar-refractivity contribution in [3.05, 3.63) is 35.9 Å². The minimum atomic E-state index is -1.02. The molecule has 1 atom stereocenters. The predicted octanol–water partition coefficient (Wildman–Crippen LogP) is 1.26. The highest BCUT2D eigenvalue weighted by atomic mass is 16.5. The zero-order chi connectivity index (χ0) is 12.3. The Morgan fingerprint density at radius 1 is 1.41 bits per heavy atom. The van der Waals surface area contributed by atoms with Crippen molar-refractivity contribution >= 4 is 11.9 Å². The van der Waals surface area contributed by atoms with Gasteiger partial charge in [-0.15, -0.1) is 0 Å². The number of esters is 1. The summed E-state index contributed by atoms with van der Waals surface area (Å²) in [7, 11) is 0. The van der Waals surface area contributed by atoms with Crippen molar-refractivity contribution in [2.75, 3.05) is 6.54 Å². The Balaban J connectivity index is 1.96. The van der Waals surface area contributed by atoms with Crippen LogP contribution in [-0.4, -0.2) is 18.4 Å². The largest absolute Gasteiger partial charge is 0.460 e. The zero-order valence-corrected chi connectivity index (χ0v) is 9.73. The van der Waals surface area contributed by atoms with Crippen LogP contribution in [0.25, 0.3) is 0 Å². The third-order valence-corrected chi connectivity index (χ3v) is 3.07. The van der Waals surface area contributed by atoms with E-state index in [0.29, 0.717) is 13.0 Å². The van der Waals surface area contributed by atoms with E-state index in [2.05, 4.69) is 5.32 Å². The van der Waals surface area contributed by atoms with Gasteiger partial charge in [0.05, 0.1) is 0 Å². The first kappa shape index (κ1) is 11.6. The number of nitrogens with one attached hydrogen (secondary N) is 1. The van der Waals surface area contributed by atoms with Gasteiger partial charge in [-0.1, -0.05) is 30.3 Å². The van der Waals surface area contributed by atoms with E-state index in [9.17, 15) is 9.59 Å². The van der Waals surface area contributed by atoms with Crippen molar-refractivity contribution in [2.45, 2.75) is 20.0 Å². The Labute approximate surface area is 100.0 Å². The van der Waals surface area contributed by atoms with E-state index in [1.165, 1.54) is 0 Å². The smallest absolute Gasteiger partial charge is 0.321 e. The molecule has 1 aromatic rings. The Bertz CT molecular complexity index is 430. The number of amides is 1. The van der Waals surface area contributed by atoms with Crippen LogP contribution < -0.4 is 5.32 Å². The molecule has 1 saturated heterocycles. The van der Waals surface area contributed by atoms with Crippen LogP contribution in [0.1, 0.15) is 18.9 Å². The minimum Gasteiger partial charge on any atom is -0.460 e. The van der Waals surface area contributed by atoms with Gasteiger partial charge in [0.15, 0.2) is 0 Å². The first-order chi connectivity index (χ1) is 8.13. The monoisotopic (exact) mass is 233 g/mol. The molecule has 1 aliphatic heterocycles. The maximum atomic E-state index is 11.9. The highest BCUT2D eigenvalue weighted by molar-refractivity contribution is 6.03. The van der Waals surface area contributed by atoms with Gasteiger partial charge < -0.3 is 10.1 Å². The second-order valence-corrected chi connectivity index (χ2v) is 4.40. The Morgan fingerprint density at radius 3 is 2.71 bits per heavy atom. The van der Waals surface area contributed by atoms with Crippen molar-refractivity contribution in [3.63, 3.8) is 0 Å². The molecule has 90 valence electrons. The maximum absolute atomic E-state index is 11.9. The molecular formula is C13H15NO3. The van der Waals surface area contributed by atoms with Gasteiger partial charge >= 0.3 is 5.97 Å². The molecule has 1 heterocycles. The molecule has 0 radical (unpaired) electrons. The lowest BCUT2D eigenvalue weighted by atomic mass is 9.89. The van der Waals surface area contributed by atoms with Crippen LogP contribution in [0.15, 0.2) is 30.3 Å². The Kier molecular flexibility index (Phi) is 3.13. The summed E-state index contributed by atoms with van der Waals surface area (Å²) >= 11 is 0. The van der Waals surface area contributed by atoms with Crippen molar-refractivity contribution in [1.29, 1.82) is 0 Å². The molecule has 0 aromatic heterocycles. The molecular weight excluding hydrogens is 218 g/mol. The van der Waals surface area contributed by atoms with Gasteiger partial charge in [-0.05, 0) is 18.9 Å². The van der Waals surface area contributed by atoms with Crippen molar-refractivity contribution in [1.82, 2.24) is 5.32 Å². The van der Waals surface area contributed by atoms with E-state index in [4.69, 9.17) is 4.74 Å². The highest BCUT2D eigenvalue weighted by Crippen LogP contribution is 2.27. The van der Waals surface area contributed by atoms with Crippen LogP contribution in [0.2, 0.25) is 0 Å². The van der Waals surface area contributed by atoms with E-state index >= 15 is 0 Å². The van der Waals surface area contributed by atoms with Gasteiger partial charge in [0, 0.05) is 6.54 Å². The molecule has 1 N–H and O–H groups in total. The van der Waals surface area contributed by atoms with E-state index in [-0.39, 0.29) is 12.5 Å². The number of carbonyl (C=O) groups is 2. The molecule has 0 saturated carbocycles. The fraction of sp³-hybridized carbons (Fsp3) is 0.385. The van der Waals surface area contributed by atoms with Crippen LogP contribution in [0.5, 0.6) is 0 Å². The summed E-state index contributed by atoms with van der Waals surface area (Å²) in [6, 6.07) is 9.42. The molecule has 4 nitrogen and oxygen atoms in total. The van der Waals surface area contributed by atoms with E-state index in [1.807, 2.05) is 30.3 Å². The number of carbonyl (C=O) groups excluding carboxylic acids is 2. The number of hydrogen-bond donors (Lipinski definition) is 1. The topological polar surface area (TPSA) is 55.4 Å². The van der Waals surface area contributed by atoms with E-state index < -0.39 is 11.4 Å². The highest BCUT2D eigenvalue weighted by Gasteiger charge is 2.46. The number of benzene rings is 1. The SMILES string of the molecule is C[C@@]1(C(=O)OCc2ccccc2)CCNC1=O. The lowest BCUT2D eigenvalue weighted by Gasteiger charge is -2.18. The average Bonchev–Trinajstić information content (AvgIpc) is 2.69. The number of hydrogen-bond acceptors (Lipinski definition) is 3. The van der Waals surface area contributed by atoms with Crippen LogP contribution in [-0.2, 0) is 20.9 Å². The van der Waals surface area contributed by atoms with Crippen LogP contribution in [0.3, 0.4) is 0 Å². The van der Waals surface area contributed by atoms with Crippen LogP contribution in [0, 0.1) is 5.41 Å². The molecule has 0 aliphatic carbocycles. The summed E-state index contributed by atoms with van der Waals surface area (Å²) in [6.45, 7) is 2.38. The van der Waals surface area contributed by atoms with Crippen molar-refractivity contribution < 1.29 is 14.3 Å². The second-order valence-electron chi connectivity index (χ2n) is 4.40. The van der Waals surface area contributed by atoms with E-state index in [0.717, 1.165) is 5.56 Å². The summed E-state index contributed by atoms with van der Waals surface area (Å²) in [4.78, 5) is 23.4. The first-order valence-electron chi connectivity index (χ1n) is 5.62. The molecule has 17 heavy (non-hydrogen) atoms. The Morgan fingerprint density at radius 2 is 2.12 bits per heavy atom. The minimum absolute atomic E-state index is 0.211. The van der Waals surface area contributed by atoms with E-state index in [1.54, 1.807) is 6.92 Å². The number of ether oxygens (including phenoxy) is 1. The predicted molar refractivity (Wildman–Crippen MR) is 62.0 cm³/mol. The van der Waals surface area contributed by atoms with Crippen LogP contribution in [0.4, 0.5) is 0 Å². The zero-order valence-electron chi connectivity index (χ0n) is 9.73. The molecule has 1 aromatic carbocycles. The fourth-order valence-electron chi connectivity index (χ4n) is 1.81. The summed E-state index contributed by atoms with van der Waals surface area (Å²) < 4.78 is 5.19. The fourth-order valence-corrected chi connectivity index (χ4v) is 1.81. The van der Waals surface area contributed by atoms with Gasteiger partial charge in [-0.25, -0.2) is 0 Å². The number of rotatable bonds is 3. The maximum Gasteiger partial charge on any atom is 0.321 e. The van der Waals surface area contributed by atoms with Gasteiger partial charge in [0.2, 0.25) is 5.91 Å². The third-order valence-electron chi connectivity index (χ3n) is 3.07. The summed E-state index contributed by atoms with van der Waals surface area (Å²) in [5.41, 5.74) is -0.0998. The summed E-state index contributed by atoms with van der Waals surface area (Å²) in [6.07, 6.45) is 0.499. The average molecular weight is 233 g/mol. The first-order valence-corrected chi connectivity index (χ1v) is 5.62. The summed E-state index contributed by atoms with van der Waals surface area (Å²) in [5.74, 6) is -0.688. The van der Waals surface area contributed by atoms with Gasteiger partial charge in [0.1, 0.15) is 12.0 Å². The van der Waals surface area contributed by atoms with Crippen molar-refractivity contribution in [3.8, 4) is 0 Å². The molecule has 0 spiro atoms. The quantitative estimate of drug-likeness (QED) is 0.631. The lowest BCUT2D eigenvalue weighted by Crippen LogP contribution is -2.37. The molecule has 2 rings (SSSR count). The molecule has 0 unspecified atom stereocenters. The normalized spacial score (nSPS) is 23.2. The molecule has 0 bridgehead atoms. The van der Waals surface area contributed by atoms with Gasteiger partial charge in [0.25, 0.3) is 0 Å². The summed E-state index contributed by atoms with van der Waals surface area (Å²) in [5, 5.41) is 2.65. The Hall–Kier alpha value is -1.84. The molecule has 1 fully saturated rings. The third kappa shape index (κ3) is 2.30. The second kappa shape index (κ2) is 4.57. The molecule has 4 heteroatoms.